The van der Waals surface area contributed by atoms with Gasteiger partial charge in [-0.1, -0.05) is 40.2 Å². The molecule has 4 rings (SSSR count). The Kier molecular flexibility index (Phi) is 5.09. The Labute approximate surface area is 168 Å². The molecule has 27 heavy (non-hydrogen) atoms. The molecule has 1 unspecified atom stereocenters. The van der Waals surface area contributed by atoms with Gasteiger partial charge in [0.25, 0.3) is 0 Å². The maximum Gasteiger partial charge on any atom is 0.309 e. The van der Waals surface area contributed by atoms with E-state index in [0.29, 0.717) is 0 Å². The van der Waals surface area contributed by atoms with Crippen LogP contribution in [0.1, 0.15) is 40.7 Å². The number of fused-ring (bicyclic) bond motifs is 2. The van der Waals surface area contributed by atoms with Crippen molar-refractivity contribution in [3.8, 4) is 5.75 Å². The van der Waals surface area contributed by atoms with Gasteiger partial charge < -0.3 is 9.47 Å². The van der Waals surface area contributed by atoms with Gasteiger partial charge in [-0.2, -0.15) is 0 Å². The number of ether oxygens (including phenoxy) is 2. The van der Waals surface area contributed by atoms with Crippen LogP contribution in [-0.2, 0) is 28.8 Å². The molecule has 2 aliphatic carbocycles. The van der Waals surface area contributed by atoms with Gasteiger partial charge in [-0.25, -0.2) is 0 Å². The number of methoxy groups -OCH3 is 2. The summed E-state index contributed by atoms with van der Waals surface area (Å²) in [6.07, 6.45) is 4.71. The summed E-state index contributed by atoms with van der Waals surface area (Å²) < 4.78 is 11.6. The average Bonchev–Trinajstić information content (AvgIpc) is 3.04. The standard InChI is InChI=1S/C23H23BrO3/c1-26-19-8-9-20-15(13-19)4-3-5-21(24)22(20)16-7-6-14-10-18(23(25)27-2)12-17(14)11-16/h6-9,11,13,18H,3-5,10,12H2,1-2H3. The van der Waals surface area contributed by atoms with E-state index in [1.165, 1.54) is 45.0 Å². The smallest absolute Gasteiger partial charge is 0.309 e. The summed E-state index contributed by atoms with van der Waals surface area (Å²) in [5.74, 6) is 0.740. The van der Waals surface area contributed by atoms with E-state index in [4.69, 9.17) is 9.47 Å². The molecule has 0 saturated heterocycles. The highest BCUT2D eigenvalue weighted by atomic mass is 79.9. The SMILES string of the molecule is COC(=O)C1Cc2ccc(C3=C(Br)CCCc4cc(OC)ccc43)cc2C1. The van der Waals surface area contributed by atoms with Crippen LogP contribution in [0.3, 0.4) is 0 Å². The third-order valence-corrected chi connectivity index (χ3v) is 6.45. The molecule has 4 heteroatoms. The molecule has 0 bridgehead atoms. The third kappa shape index (κ3) is 3.43. The fourth-order valence-corrected chi connectivity index (χ4v) is 4.99. The number of carbonyl (C=O) groups excluding carboxylic acids is 1. The summed E-state index contributed by atoms with van der Waals surface area (Å²) in [6, 6.07) is 13.0. The molecule has 2 aliphatic rings. The Hall–Kier alpha value is -2.07. The van der Waals surface area contributed by atoms with Crippen molar-refractivity contribution >= 4 is 27.5 Å². The Balaban J connectivity index is 1.75. The topological polar surface area (TPSA) is 35.5 Å². The molecule has 140 valence electrons. The zero-order valence-corrected chi connectivity index (χ0v) is 17.3. The Bertz CT molecular complexity index is 929. The fourth-order valence-electron chi connectivity index (χ4n) is 4.27. The first-order valence-electron chi connectivity index (χ1n) is 9.36. The number of rotatable bonds is 3. The number of esters is 1. The van der Waals surface area contributed by atoms with Gasteiger partial charge in [0.1, 0.15) is 5.75 Å². The minimum absolute atomic E-state index is 0.0525. The summed E-state index contributed by atoms with van der Waals surface area (Å²) >= 11 is 3.85. The van der Waals surface area contributed by atoms with Crippen molar-refractivity contribution in [2.75, 3.05) is 14.2 Å². The molecule has 0 spiro atoms. The van der Waals surface area contributed by atoms with Crippen molar-refractivity contribution in [3.63, 3.8) is 0 Å². The van der Waals surface area contributed by atoms with Crippen LogP contribution in [-0.4, -0.2) is 20.2 Å². The number of hydrogen-bond donors (Lipinski definition) is 0. The minimum atomic E-state index is -0.111. The molecule has 0 heterocycles. The lowest BCUT2D eigenvalue weighted by Crippen LogP contribution is -2.15. The van der Waals surface area contributed by atoms with Gasteiger partial charge in [-0.05, 0) is 77.6 Å². The summed E-state index contributed by atoms with van der Waals surface area (Å²) in [7, 11) is 3.18. The summed E-state index contributed by atoms with van der Waals surface area (Å²) in [5, 5.41) is 0. The molecule has 2 aromatic rings. The van der Waals surface area contributed by atoms with Crippen molar-refractivity contribution < 1.29 is 14.3 Å². The molecular weight excluding hydrogens is 404 g/mol. The van der Waals surface area contributed by atoms with Gasteiger partial charge in [0, 0.05) is 4.48 Å². The first-order chi connectivity index (χ1) is 13.1. The number of aryl methyl sites for hydroxylation is 1. The molecule has 0 aliphatic heterocycles. The lowest BCUT2D eigenvalue weighted by atomic mass is 9.92. The number of allylic oxidation sites excluding steroid dienone is 1. The molecule has 3 nitrogen and oxygen atoms in total. The Morgan fingerprint density at radius 1 is 1.00 bits per heavy atom. The van der Waals surface area contributed by atoms with Crippen LogP contribution in [0.5, 0.6) is 5.75 Å². The van der Waals surface area contributed by atoms with E-state index in [2.05, 4.69) is 46.3 Å². The first kappa shape index (κ1) is 18.3. The van der Waals surface area contributed by atoms with Gasteiger partial charge in [-0.15, -0.1) is 0 Å². The fraction of sp³-hybridized carbons (Fsp3) is 0.348. The first-order valence-corrected chi connectivity index (χ1v) is 10.2. The van der Waals surface area contributed by atoms with Crippen LogP contribution >= 0.6 is 15.9 Å². The van der Waals surface area contributed by atoms with Gasteiger partial charge in [0.05, 0.1) is 20.1 Å². The highest BCUT2D eigenvalue weighted by Crippen LogP contribution is 2.40. The largest absolute Gasteiger partial charge is 0.497 e. The minimum Gasteiger partial charge on any atom is -0.497 e. The molecule has 2 aromatic carbocycles. The van der Waals surface area contributed by atoms with Crippen LogP contribution in [0.15, 0.2) is 40.9 Å². The van der Waals surface area contributed by atoms with Crippen molar-refractivity contribution in [3.05, 3.63) is 68.7 Å². The van der Waals surface area contributed by atoms with E-state index < -0.39 is 0 Å². The monoisotopic (exact) mass is 426 g/mol. The summed E-state index contributed by atoms with van der Waals surface area (Å²) in [6.45, 7) is 0. The Morgan fingerprint density at radius 2 is 1.81 bits per heavy atom. The van der Waals surface area contributed by atoms with Crippen molar-refractivity contribution in [1.29, 1.82) is 0 Å². The van der Waals surface area contributed by atoms with Crippen LogP contribution in [0.25, 0.3) is 5.57 Å². The molecule has 1 atom stereocenters. The van der Waals surface area contributed by atoms with Crippen molar-refractivity contribution in [2.45, 2.75) is 32.1 Å². The molecule has 0 radical (unpaired) electrons. The Morgan fingerprint density at radius 3 is 2.59 bits per heavy atom. The molecular formula is C23H23BrO3. The van der Waals surface area contributed by atoms with E-state index in [0.717, 1.165) is 37.9 Å². The predicted molar refractivity (Wildman–Crippen MR) is 110 cm³/mol. The van der Waals surface area contributed by atoms with Crippen LogP contribution < -0.4 is 4.74 Å². The highest BCUT2D eigenvalue weighted by Gasteiger charge is 2.29. The van der Waals surface area contributed by atoms with Gasteiger partial charge in [0.2, 0.25) is 0 Å². The second-order valence-corrected chi connectivity index (χ2v) is 8.23. The second-order valence-electron chi connectivity index (χ2n) is 7.27. The summed E-state index contributed by atoms with van der Waals surface area (Å²) in [5.41, 5.74) is 7.58. The lowest BCUT2D eigenvalue weighted by Gasteiger charge is -2.15. The number of hydrogen-bond acceptors (Lipinski definition) is 3. The molecule has 0 saturated carbocycles. The lowest BCUT2D eigenvalue weighted by molar-refractivity contribution is -0.145. The van der Waals surface area contributed by atoms with E-state index in [-0.39, 0.29) is 11.9 Å². The van der Waals surface area contributed by atoms with Gasteiger partial charge in [-0.3, -0.25) is 4.79 Å². The van der Waals surface area contributed by atoms with Gasteiger partial charge >= 0.3 is 5.97 Å². The van der Waals surface area contributed by atoms with Crippen LogP contribution in [0.2, 0.25) is 0 Å². The summed E-state index contributed by atoms with van der Waals surface area (Å²) in [4.78, 5) is 11.9. The highest BCUT2D eigenvalue weighted by molar-refractivity contribution is 9.11. The van der Waals surface area contributed by atoms with E-state index in [1.807, 2.05) is 6.07 Å². The number of benzene rings is 2. The van der Waals surface area contributed by atoms with E-state index in [1.54, 1.807) is 7.11 Å². The quantitative estimate of drug-likeness (QED) is 0.642. The maximum absolute atomic E-state index is 11.9. The zero-order chi connectivity index (χ0) is 19.0. The number of halogens is 1. The maximum atomic E-state index is 11.9. The molecule has 0 amide bonds. The normalized spacial score (nSPS) is 18.6. The number of carbonyl (C=O) groups is 1. The van der Waals surface area contributed by atoms with Crippen LogP contribution in [0, 0.1) is 5.92 Å². The molecule has 0 N–H and O–H groups in total. The van der Waals surface area contributed by atoms with E-state index >= 15 is 0 Å². The molecule has 0 fully saturated rings. The van der Waals surface area contributed by atoms with E-state index in [9.17, 15) is 4.79 Å². The second kappa shape index (κ2) is 7.51. The van der Waals surface area contributed by atoms with Gasteiger partial charge in [0.15, 0.2) is 0 Å². The van der Waals surface area contributed by atoms with Crippen LogP contribution in [0.4, 0.5) is 0 Å². The zero-order valence-electron chi connectivity index (χ0n) is 15.7. The van der Waals surface area contributed by atoms with Crippen molar-refractivity contribution in [2.24, 2.45) is 5.92 Å². The third-order valence-electron chi connectivity index (χ3n) is 5.66. The predicted octanol–water partition coefficient (Wildman–Crippen LogP) is 5.07. The van der Waals surface area contributed by atoms with Crippen molar-refractivity contribution in [1.82, 2.24) is 0 Å². The molecule has 0 aromatic heterocycles. The average molecular weight is 427 g/mol.